The van der Waals surface area contributed by atoms with Crippen LogP contribution in [0.2, 0.25) is 0 Å². The predicted octanol–water partition coefficient (Wildman–Crippen LogP) is 3.42. The molecular weight excluding hydrogens is 444 g/mol. The van der Waals surface area contributed by atoms with E-state index >= 15 is 0 Å². The van der Waals surface area contributed by atoms with Crippen LogP contribution in [0.1, 0.15) is 39.2 Å². The van der Waals surface area contributed by atoms with Crippen molar-refractivity contribution < 1.29 is 28.5 Å². The van der Waals surface area contributed by atoms with Gasteiger partial charge in [0.2, 0.25) is 5.88 Å². The third kappa shape index (κ3) is 4.71. The summed E-state index contributed by atoms with van der Waals surface area (Å²) < 4.78 is 21.9. The first-order valence-corrected chi connectivity index (χ1v) is 9.64. The van der Waals surface area contributed by atoms with Crippen molar-refractivity contribution in [1.29, 1.82) is 5.26 Å². The number of rotatable bonds is 6. The molecular formula is C20H21BrN2O6. The highest BCUT2D eigenvalue weighted by molar-refractivity contribution is 9.10. The molecule has 0 saturated carbocycles. The number of benzene rings is 1. The maximum absolute atomic E-state index is 12.6. The van der Waals surface area contributed by atoms with Gasteiger partial charge >= 0.3 is 11.9 Å². The Kier molecular flexibility index (Phi) is 7.29. The Morgan fingerprint density at radius 2 is 1.97 bits per heavy atom. The van der Waals surface area contributed by atoms with Crippen LogP contribution in [0.4, 0.5) is 0 Å². The standard InChI is InChI=1S/C20H21BrN2O6/c1-5-26-15-7-12(14(21)8-16(15)29-11(4)24)18-13(9-22)19(23)28-10(3)17(18)20(25)27-6-2/h7-8,18H,5-6,23H2,1-4H3. The largest absolute Gasteiger partial charge is 0.490 e. The van der Waals surface area contributed by atoms with Crippen molar-refractivity contribution in [3.8, 4) is 17.6 Å². The van der Waals surface area contributed by atoms with Crippen molar-refractivity contribution >= 4 is 27.9 Å². The van der Waals surface area contributed by atoms with Gasteiger partial charge in [-0.15, -0.1) is 0 Å². The molecule has 0 amide bonds. The van der Waals surface area contributed by atoms with Crippen LogP contribution in [0.3, 0.4) is 0 Å². The van der Waals surface area contributed by atoms with E-state index in [2.05, 4.69) is 15.9 Å². The first-order valence-electron chi connectivity index (χ1n) is 8.85. The number of hydrogen-bond acceptors (Lipinski definition) is 8. The van der Waals surface area contributed by atoms with E-state index in [0.717, 1.165) is 0 Å². The quantitative estimate of drug-likeness (QED) is 0.501. The molecule has 0 aromatic heterocycles. The molecule has 8 nitrogen and oxygen atoms in total. The maximum atomic E-state index is 12.6. The van der Waals surface area contributed by atoms with E-state index in [1.807, 2.05) is 6.07 Å². The Morgan fingerprint density at radius 3 is 2.52 bits per heavy atom. The topological polar surface area (TPSA) is 121 Å². The van der Waals surface area contributed by atoms with Crippen molar-refractivity contribution in [1.82, 2.24) is 0 Å². The predicted molar refractivity (Wildman–Crippen MR) is 107 cm³/mol. The summed E-state index contributed by atoms with van der Waals surface area (Å²) in [5.41, 5.74) is 6.64. The zero-order valence-electron chi connectivity index (χ0n) is 16.5. The Morgan fingerprint density at radius 1 is 1.28 bits per heavy atom. The number of carbonyl (C=O) groups is 2. The third-order valence-electron chi connectivity index (χ3n) is 4.03. The number of ether oxygens (including phenoxy) is 4. The van der Waals surface area contributed by atoms with E-state index in [-0.39, 0.29) is 40.9 Å². The Labute approximate surface area is 177 Å². The van der Waals surface area contributed by atoms with Crippen LogP contribution < -0.4 is 15.2 Å². The molecule has 0 bridgehead atoms. The SMILES string of the molecule is CCOC(=O)C1=C(C)OC(N)=C(C#N)C1c1cc(OCC)c(OC(C)=O)cc1Br. The van der Waals surface area contributed by atoms with Crippen LogP contribution in [0.25, 0.3) is 0 Å². The minimum absolute atomic E-state index is 0.0574. The summed E-state index contributed by atoms with van der Waals surface area (Å²) in [7, 11) is 0. The van der Waals surface area contributed by atoms with Gasteiger partial charge in [-0.1, -0.05) is 15.9 Å². The highest BCUT2D eigenvalue weighted by atomic mass is 79.9. The van der Waals surface area contributed by atoms with Crippen LogP contribution in [0.15, 0.2) is 39.4 Å². The summed E-state index contributed by atoms with van der Waals surface area (Å²) in [6, 6.07) is 5.15. The molecule has 1 aliphatic heterocycles. The molecule has 0 radical (unpaired) electrons. The van der Waals surface area contributed by atoms with Crippen molar-refractivity contribution in [3.05, 3.63) is 45.0 Å². The Hall–Kier alpha value is -2.99. The van der Waals surface area contributed by atoms with Crippen LogP contribution in [0.5, 0.6) is 11.5 Å². The maximum Gasteiger partial charge on any atom is 0.338 e. The molecule has 0 spiro atoms. The summed E-state index contributed by atoms with van der Waals surface area (Å²) in [6.07, 6.45) is 0. The monoisotopic (exact) mass is 464 g/mol. The zero-order chi connectivity index (χ0) is 21.7. The summed E-state index contributed by atoms with van der Waals surface area (Å²) in [6.45, 7) is 6.77. The second kappa shape index (κ2) is 9.47. The number of nitriles is 1. The lowest BCUT2D eigenvalue weighted by molar-refractivity contribution is -0.139. The van der Waals surface area contributed by atoms with Crippen LogP contribution in [-0.4, -0.2) is 25.2 Å². The van der Waals surface area contributed by atoms with E-state index < -0.39 is 17.9 Å². The van der Waals surface area contributed by atoms with E-state index in [9.17, 15) is 14.9 Å². The number of halogens is 1. The first-order chi connectivity index (χ1) is 13.7. The van der Waals surface area contributed by atoms with E-state index in [4.69, 9.17) is 24.7 Å². The molecule has 1 unspecified atom stereocenters. The van der Waals surface area contributed by atoms with Gasteiger partial charge in [0.05, 0.1) is 24.7 Å². The Bertz CT molecular complexity index is 945. The smallest absolute Gasteiger partial charge is 0.338 e. The highest BCUT2D eigenvalue weighted by Gasteiger charge is 2.38. The lowest BCUT2D eigenvalue weighted by Gasteiger charge is -2.28. The second-order valence-electron chi connectivity index (χ2n) is 5.96. The molecule has 0 saturated heterocycles. The third-order valence-corrected chi connectivity index (χ3v) is 4.72. The number of allylic oxidation sites excluding steroid dienone is 2. The molecule has 2 N–H and O–H groups in total. The molecule has 1 atom stereocenters. The second-order valence-corrected chi connectivity index (χ2v) is 6.82. The van der Waals surface area contributed by atoms with Gasteiger partial charge in [-0.3, -0.25) is 4.79 Å². The zero-order valence-corrected chi connectivity index (χ0v) is 18.1. The van der Waals surface area contributed by atoms with Gasteiger partial charge in [0.1, 0.15) is 17.4 Å². The van der Waals surface area contributed by atoms with Gasteiger partial charge in [-0.25, -0.2) is 4.79 Å². The minimum atomic E-state index is -0.854. The van der Waals surface area contributed by atoms with E-state index in [1.165, 1.54) is 6.92 Å². The normalized spacial score (nSPS) is 16.1. The van der Waals surface area contributed by atoms with Gasteiger partial charge in [-0.05, 0) is 38.5 Å². The lowest BCUT2D eigenvalue weighted by Crippen LogP contribution is -2.26. The Balaban J connectivity index is 2.73. The van der Waals surface area contributed by atoms with Crippen LogP contribution >= 0.6 is 15.9 Å². The molecule has 0 aliphatic carbocycles. The minimum Gasteiger partial charge on any atom is -0.490 e. The number of nitrogens with zero attached hydrogens (tertiary/aromatic N) is 1. The van der Waals surface area contributed by atoms with E-state index in [1.54, 1.807) is 32.9 Å². The van der Waals surface area contributed by atoms with Gasteiger partial charge in [0.25, 0.3) is 0 Å². The summed E-state index contributed by atoms with van der Waals surface area (Å²) >= 11 is 3.43. The van der Waals surface area contributed by atoms with Crippen molar-refractivity contribution in [2.45, 2.75) is 33.6 Å². The fourth-order valence-electron chi connectivity index (χ4n) is 2.94. The number of carbonyl (C=O) groups excluding carboxylic acids is 2. The fraction of sp³-hybridized carbons (Fsp3) is 0.350. The van der Waals surface area contributed by atoms with Gasteiger partial charge in [0, 0.05) is 11.4 Å². The van der Waals surface area contributed by atoms with Gasteiger partial charge in [-0.2, -0.15) is 5.26 Å². The summed E-state index contributed by atoms with van der Waals surface area (Å²) in [5.74, 6) is -1.37. The molecule has 1 heterocycles. The molecule has 154 valence electrons. The number of hydrogen-bond donors (Lipinski definition) is 1. The summed E-state index contributed by atoms with van der Waals surface area (Å²) in [4.78, 5) is 24.1. The van der Waals surface area contributed by atoms with Gasteiger partial charge in [0.15, 0.2) is 11.5 Å². The molecule has 2 rings (SSSR count). The van der Waals surface area contributed by atoms with E-state index in [0.29, 0.717) is 16.6 Å². The first kappa shape index (κ1) is 22.3. The van der Waals surface area contributed by atoms with Crippen LogP contribution in [0, 0.1) is 11.3 Å². The molecule has 29 heavy (non-hydrogen) atoms. The fourth-order valence-corrected chi connectivity index (χ4v) is 3.49. The van der Waals surface area contributed by atoms with Crippen molar-refractivity contribution in [3.63, 3.8) is 0 Å². The van der Waals surface area contributed by atoms with Gasteiger partial charge < -0.3 is 24.7 Å². The summed E-state index contributed by atoms with van der Waals surface area (Å²) in [5, 5.41) is 9.69. The average Bonchev–Trinajstić information content (AvgIpc) is 2.63. The van der Waals surface area contributed by atoms with Crippen molar-refractivity contribution in [2.75, 3.05) is 13.2 Å². The van der Waals surface area contributed by atoms with Crippen LogP contribution in [-0.2, 0) is 19.1 Å². The molecule has 1 aromatic carbocycles. The highest BCUT2D eigenvalue weighted by Crippen LogP contribution is 2.45. The molecule has 1 aromatic rings. The van der Waals surface area contributed by atoms with Crippen molar-refractivity contribution in [2.24, 2.45) is 5.73 Å². The average molecular weight is 465 g/mol. The molecule has 1 aliphatic rings. The molecule has 9 heteroatoms. The number of esters is 2. The number of nitrogens with two attached hydrogens (primary N) is 1. The lowest BCUT2D eigenvalue weighted by atomic mass is 9.83. The molecule has 0 fully saturated rings.